The lowest BCUT2D eigenvalue weighted by Crippen LogP contribution is -2.38. The van der Waals surface area contributed by atoms with E-state index in [-0.39, 0.29) is 11.9 Å². The van der Waals surface area contributed by atoms with E-state index in [1.54, 1.807) is 6.07 Å². The summed E-state index contributed by atoms with van der Waals surface area (Å²) in [5, 5.41) is 0. The van der Waals surface area contributed by atoms with Crippen LogP contribution in [-0.4, -0.2) is 43.7 Å². The van der Waals surface area contributed by atoms with E-state index in [0.717, 1.165) is 50.1 Å². The van der Waals surface area contributed by atoms with Gasteiger partial charge in [0.05, 0.1) is 5.69 Å². The molecule has 0 aliphatic carbocycles. The molecule has 2 atom stereocenters. The Balaban J connectivity index is 2.16. The zero-order chi connectivity index (χ0) is 15.4. The summed E-state index contributed by atoms with van der Waals surface area (Å²) >= 11 is 0. The number of hydrogen-bond donors (Lipinski definition) is 1. The number of nitrogens with zero attached hydrogens (tertiary/aromatic N) is 2. The largest absolute Gasteiger partial charge is 0.365 e. The Kier molecular flexibility index (Phi) is 5.59. The Morgan fingerprint density at radius 2 is 2.14 bits per heavy atom. The first kappa shape index (κ1) is 16.2. The minimum Gasteiger partial charge on any atom is -0.365 e. The molecule has 0 bridgehead atoms. The number of nitrogens with two attached hydrogens (primary N) is 1. The molecule has 2 rings (SSSR count). The van der Waals surface area contributed by atoms with Crippen LogP contribution in [0.1, 0.15) is 32.3 Å². The highest BCUT2D eigenvalue weighted by molar-refractivity contribution is 5.50. The second-order valence-electron chi connectivity index (χ2n) is 6.32. The van der Waals surface area contributed by atoms with Crippen molar-refractivity contribution in [1.29, 1.82) is 0 Å². The third kappa shape index (κ3) is 4.17. The summed E-state index contributed by atoms with van der Waals surface area (Å²) in [6, 6.07) is 6.05. The van der Waals surface area contributed by atoms with Crippen molar-refractivity contribution in [3.63, 3.8) is 0 Å². The third-order valence-electron chi connectivity index (χ3n) is 4.39. The summed E-state index contributed by atoms with van der Waals surface area (Å²) in [6.45, 7) is 7.19. The fourth-order valence-electron chi connectivity index (χ4n) is 3.09. The van der Waals surface area contributed by atoms with Gasteiger partial charge in [-0.05, 0) is 57.5 Å². The Bertz CT molecular complexity index is 463. The number of benzene rings is 1. The van der Waals surface area contributed by atoms with Crippen LogP contribution in [-0.2, 0) is 6.42 Å². The zero-order valence-corrected chi connectivity index (χ0v) is 13.5. The Morgan fingerprint density at radius 3 is 2.81 bits per heavy atom. The van der Waals surface area contributed by atoms with Gasteiger partial charge in [-0.25, -0.2) is 4.39 Å². The molecule has 0 amide bonds. The molecule has 2 unspecified atom stereocenters. The average molecular weight is 293 g/mol. The van der Waals surface area contributed by atoms with Crippen LogP contribution in [0.3, 0.4) is 0 Å². The molecule has 21 heavy (non-hydrogen) atoms. The lowest BCUT2D eigenvalue weighted by molar-refractivity contribution is 0.337. The predicted molar refractivity (Wildman–Crippen MR) is 87.3 cm³/mol. The molecule has 4 heteroatoms. The molecular weight excluding hydrogens is 265 g/mol. The number of halogens is 1. The van der Waals surface area contributed by atoms with Crippen molar-refractivity contribution in [2.75, 3.05) is 31.6 Å². The molecule has 118 valence electrons. The SMILES string of the molecule is CCC(N)Cc1ccc(N2CCCN(C)CC2C)c(F)c1. The normalized spacial score (nSPS) is 22.1. The first-order chi connectivity index (χ1) is 10.0. The van der Waals surface area contributed by atoms with Crippen molar-refractivity contribution < 1.29 is 4.39 Å². The maximum absolute atomic E-state index is 14.5. The summed E-state index contributed by atoms with van der Waals surface area (Å²) in [4.78, 5) is 4.51. The maximum Gasteiger partial charge on any atom is 0.146 e. The molecule has 1 heterocycles. The average Bonchev–Trinajstić information content (AvgIpc) is 2.60. The summed E-state index contributed by atoms with van der Waals surface area (Å²) in [7, 11) is 2.13. The standard InChI is InChI=1S/C17H28FN3/c1-4-15(19)10-14-6-7-17(16(18)11-14)21-9-5-8-20(3)12-13(21)2/h6-7,11,13,15H,4-5,8-10,12,19H2,1-3H3. The van der Waals surface area contributed by atoms with Gasteiger partial charge in [-0.15, -0.1) is 0 Å². The molecule has 0 aromatic heterocycles. The van der Waals surface area contributed by atoms with Crippen LogP contribution in [0.15, 0.2) is 18.2 Å². The van der Waals surface area contributed by atoms with Crippen molar-refractivity contribution >= 4 is 5.69 Å². The molecule has 1 aliphatic heterocycles. The van der Waals surface area contributed by atoms with Crippen LogP contribution in [0, 0.1) is 5.82 Å². The van der Waals surface area contributed by atoms with Gasteiger partial charge in [-0.2, -0.15) is 0 Å². The van der Waals surface area contributed by atoms with Crippen LogP contribution in [0.2, 0.25) is 0 Å². The smallest absolute Gasteiger partial charge is 0.146 e. The second-order valence-corrected chi connectivity index (χ2v) is 6.32. The van der Waals surface area contributed by atoms with E-state index < -0.39 is 0 Å². The second kappa shape index (κ2) is 7.23. The van der Waals surface area contributed by atoms with Gasteiger partial charge in [-0.3, -0.25) is 0 Å². The first-order valence-electron chi connectivity index (χ1n) is 8.00. The third-order valence-corrected chi connectivity index (χ3v) is 4.39. The lowest BCUT2D eigenvalue weighted by atomic mass is 10.0. The van der Waals surface area contributed by atoms with Gasteiger partial charge in [0.2, 0.25) is 0 Å². The fraction of sp³-hybridized carbons (Fsp3) is 0.647. The molecule has 1 aromatic rings. The maximum atomic E-state index is 14.5. The topological polar surface area (TPSA) is 32.5 Å². The molecule has 1 aromatic carbocycles. The quantitative estimate of drug-likeness (QED) is 0.926. The monoisotopic (exact) mass is 293 g/mol. The van der Waals surface area contributed by atoms with Gasteiger partial charge in [0.1, 0.15) is 5.82 Å². The van der Waals surface area contributed by atoms with E-state index in [9.17, 15) is 4.39 Å². The molecule has 0 radical (unpaired) electrons. The summed E-state index contributed by atoms with van der Waals surface area (Å²) in [5.41, 5.74) is 7.67. The van der Waals surface area contributed by atoms with E-state index in [0.29, 0.717) is 6.04 Å². The van der Waals surface area contributed by atoms with Crippen LogP contribution >= 0.6 is 0 Å². The van der Waals surface area contributed by atoms with E-state index in [4.69, 9.17) is 5.73 Å². The van der Waals surface area contributed by atoms with Gasteiger partial charge < -0.3 is 15.5 Å². The van der Waals surface area contributed by atoms with Gasteiger partial charge in [-0.1, -0.05) is 13.0 Å². The zero-order valence-electron chi connectivity index (χ0n) is 13.5. The number of anilines is 1. The minimum absolute atomic E-state index is 0.112. The molecule has 1 saturated heterocycles. The summed E-state index contributed by atoms with van der Waals surface area (Å²) < 4.78 is 14.5. The van der Waals surface area contributed by atoms with Gasteiger partial charge in [0.25, 0.3) is 0 Å². The van der Waals surface area contributed by atoms with E-state index in [1.807, 2.05) is 12.1 Å². The molecule has 2 N–H and O–H groups in total. The molecule has 0 saturated carbocycles. The molecule has 0 spiro atoms. The lowest BCUT2D eigenvalue weighted by Gasteiger charge is -2.30. The Morgan fingerprint density at radius 1 is 1.38 bits per heavy atom. The van der Waals surface area contributed by atoms with Crippen LogP contribution in [0.5, 0.6) is 0 Å². The Labute approximate surface area is 127 Å². The molecule has 3 nitrogen and oxygen atoms in total. The highest BCUT2D eigenvalue weighted by Gasteiger charge is 2.22. The number of likely N-dealkylation sites (N-methyl/N-ethyl adjacent to an activating group) is 1. The van der Waals surface area contributed by atoms with E-state index in [1.165, 1.54) is 0 Å². The highest BCUT2D eigenvalue weighted by Crippen LogP contribution is 2.25. The van der Waals surface area contributed by atoms with Gasteiger partial charge >= 0.3 is 0 Å². The molecule has 1 aliphatic rings. The number of hydrogen-bond acceptors (Lipinski definition) is 3. The fourth-order valence-corrected chi connectivity index (χ4v) is 3.09. The highest BCUT2D eigenvalue weighted by atomic mass is 19.1. The van der Waals surface area contributed by atoms with E-state index in [2.05, 4.69) is 30.7 Å². The van der Waals surface area contributed by atoms with Gasteiger partial charge in [0, 0.05) is 25.2 Å². The number of rotatable bonds is 4. The first-order valence-corrected chi connectivity index (χ1v) is 8.00. The van der Waals surface area contributed by atoms with Crippen molar-refractivity contribution in [1.82, 2.24) is 4.90 Å². The minimum atomic E-state index is -0.118. The van der Waals surface area contributed by atoms with Crippen LogP contribution < -0.4 is 10.6 Å². The predicted octanol–water partition coefficient (Wildman–Crippen LogP) is 2.64. The van der Waals surface area contributed by atoms with E-state index >= 15 is 0 Å². The van der Waals surface area contributed by atoms with Gasteiger partial charge in [0.15, 0.2) is 0 Å². The van der Waals surface area contributed by atoms with Crippen molar-refractivity contribution in [3.8, 4) is 0 Å². The van der Waals surface area contributed by atoms with Crippen molar-refractivity contribution in [2.45, 2.75) is 45.2 Å². The Hall–Kier alpha value is -1.13. The summed E-state index contributed by atoms with van der Waals surface area (Å²) in [5.74, 6) is -0.118. The van der Waals surface area contributed by atoms with Crippen molar-refractivity contribution in [2.24, 2.45) is 5.73 Å². The van der Waals surface area contributed by atoms with Crippen LogP contribution in [0.4, 0.5) is 10.1 Å². The molecular formula is C17H28FN3. The van der Waals surface area contributed by atoms with Crippen molar-refractivity contribution in [3.05, 3.63) is 29.6 Å². The molecule has 1 fully saturated rings. The summed E-state index contributed by atoms with van der Waals surface area (Å²) in [6.07, 6.45) is 2.73. The van der Waals surface area contributed by atoms with Crippen LogP contribution in [0.25, 0.3) is 0 Å².